The van der Waals surface area contributed by atoms with E-state index in [1.165, 1.54) is 19.2 Å². The minimum Gasteiger partial charge on any atom is -0.496 e. The fourth-order valence-corrected chi connectivity index (χ4v) is 2.47. The third-order valence-corrected chi connectivity index (χ3v) is 3.85. The molecule has 1 heterocycles. The van der Waals surface area contributed by atoms with E-state index in [-0.39, 0.29) is 30.3 Å². The van der Waals surface area contributed by atoms with Gasteiger partial charge in [0.25, 0.3) is 5.91 Å². The molecule has 0 radical (unpaired) electrons. The summed E-state index contributed by atoms with van der Waals surface area (Å²) in [5.74, 6) is 0.171. The number of halogens is 2. The molecule has 2 rings (SSSR count). The van der Waals surface area contributed by atoms with Crippen molar-refractivity contribution in [1.82, 2.24) is 10.2 Å². The number of nitrogens with one attached hydrogen (secondary N) is 1. The summed E-state index contributed by atoms with van der Waals surface area (Å²) in [6.07, 6.45) is 1.06. The number of piperidine rings is 1. The normalized spacial score (nSPS) is 17.7. The number of nitrogen functional groups attached to an aromatic ring is 1. The molecule has 0 saturated carbocycles. The van der Waals surface area contributed by atoms with Crippen molar-refractivity contribution in [1.29, 1.82) is 0 Å². The molecule has 0 spiro atoms. The Labute approximate surface area is 140 Å². The van der Waals surface area contributed by atoms with Crippen molar-refractivity contribution in [3.63, 3.8) is 0 Å². The maximum atomic E-state index is 12.4. The van der Waals surface area contributed by atoms with E-state index in [1.54, 1.807) is 11.9 Å². The Morgan fingerprint density at radius 3 is 2.77 bits per heavy atom. The number of carbonyl (C=O) groups is 2. The average Bonchev–Trinajstić information content (AvgIpc) is 2.45. The van der Waals surface area contributed by atoms with Crippen molar-refractivity contribution in [3.05, 3.63) is 22.7 Å². The second kappa shape index (κ2) is 7.56. The van der Waals surface area contributed by atoms with E-state index in [4.69, 9.17) is 22.1 Å². The first-order valence-corrected chi connectivity index (χ1v) is 6.98. The van der Waals surface area contributed by atoms with Crippen LogP contribution in [0.1, 0.15) is 23.2 Å². The van der Waals surface area contributed by atoms with Gasteiger partial charge in [-0.2, -0.15) is 0 Å². The number of hydrogen-bond donors (Lipinski definition) is 2. The Bertz CT molecular complexity index is 581. The molecule has 1 aromatic carbocycles. The molecule has 1 unspecified atom stereocenters. The van der Waals surface area contributed by atoms with Crippen LogP contribution in [0.5, 0.6) is 5.75 Å². The number of nitrogens with zero attached hydrogens (tertiary/aromatic N) is 1. The topological polar surface area (TPSA) is 84.7 Å². The fraction of sp³-hybridized carbons (Fsp3) is 0.429. The van der Waals surface area contributed by atoms with Crippen molar-refractivity contribution in [2.45, 2.75) is 18.9 Å². The van der Waals surface area contributed by atoms with Crippen LogP contribution in [0.25, 0.3) is 0 Å². The molecule has 1 aromatic rings. The lowest BCUT2D eigenvalue weighted by molar-refractivity contribution is -0.132. The molecule has 0 bridgehead atoms. The number of carbonyl (C=O) groups excluding carboxylic acids is 2. The number of anilines is 1. The molecular weight excluding hydrogens is 329 g/mol. The lowest BCUT2D eigenvalue weighted by atomic mass is 10.0. The molecule has 1 fully saturated rings. The first-order valence-electron chi connectivity index (χ1n) is 6.60. The molecule has 1 aliphatic rings. The lowest BCUT2D eigenvalue weighted by Crippen LogP contribution is -2.48. The van der Waals surface area contributed by atoms with Crippen LogP contribution in [0.4, 0.5) is 5.69 Å². The maximum absolute atomic E-state index is 12.4. The first kappa shape index (κ1) is 18.4. The predicted molar refractivity (Wildman–Crippen MR) is 87.8 cm³/mol. The van der Waals surface area contributed by atoms with Crippen molar-refractivity contribution >= 4 is 41.5 Å². The highest BCUT2D eigenvalue weighted by Crippen LogP contribution is 2.29. The zero-order valence-electron chi connectivity index (χ0n) is 12.4. The smallest absolute Gasteiger partial charge is 0.255 e. The van der Waals surface area contributed by atoms with Crippen LogP contribution in [-0.4, -0.2) is 43.5 Å². The first-order chi connectivity index (χ1) is 9.92. The quantitative estimate of drug-likeness (QED) is 0.815. The summed E-state index contributed by atoms with van der Waals surface area (Å²) >= 11 is 5.96. The van der Waals surface area contributed by atoms with Gasteiger partial charge >= 0.3 is 0 Å². The molecule has 1 saturated heterocycles. The highest BCUT2D eigenvalue weighted by atomic mass is 35.5. The largest absolute Gasteiger partial charge is 0.496 e. The van der Waals surface area contributed by atoms with Gasteiger partial charge in [0.05, 0.1) is 23.4 Å². The molecule has 2 amide bonds. The molecule has 6 nitrogen and oxygen atoms in total. The third kappa shape index (κ3) is 3.96. The summed E-state index contributed by atoms with van der Waals surface area (Å²) in [6.45, 7) is 0.496. The van der Waals surface area contributed by atoms with Gasteiger partial charge in [0.1, 0.15) is 5.75 Å². The minimum absolute atomic E-state index is 0. The summed E-state index contributed by atoms with van der Waals surface area (Å²) in [6, 6.07) is 2.93. The second-order valence-electron chi connectivity index (χ2n) is 5.06. The zero-order valence-corrected chi connectivity index (χ0v) is 14.0. The second-order valence-corrected chi connectivity index (χ2v) is 5.46. The number of amides is 2. The molecule has 22 heavy (non-hydrogen) atoms. The molecule has 3 N–H and O–H groups in total. The fourth-order valence-electron chi connectivity index (χ4n) is 2.31. The number of hydrogen-bond acceptors (Lipinski definition) is 4. The van der Waals surface area contributed by atoms with Crippen molar-refractivity contribution < 1.29 is 14.3 Å². The summed E-state index contributed by atoms with van der Waals surface area (Å²) in [5, 5.41) is 3.20. The Balaban J connectivity index is 0.00000242. The van der Waals surface area contributed by atoms with Crippen LogP contribution in [0.3, 0.4) is 0 Å². The van der Waals surface area contributed by atoms with E-state index >= 15 is 0 Å². The number of nitrogens with two attached hydrogens (primary N) is 1. The molecule has 1 aliphatic heterocycles. The van der Waals surface area contributed by atoms with Crippen molar-refractivity contribution in [2.24, 2.45) is 0 Å². The summed E-state index contributed by atoms with van der Waals surface area (Å²) in [7, 11) is 3.19. The standard InChI is InChI=1S/C14H18ClN3O3.ClH/c1-18-7-8(3-4-13(18)19)17-14(20)9-5-10(15)11(16)6-12(9)21-2;/h5-6,8H,3-4,7,16H2,1-2H3,(H,17,20);1H. The Kier molecular flexibility index (Phi) is 6.32. The number of likely N-dealkylation sites (N-methyl/N-ethyl adjacent to an activating group) is 1. The zero-order chi connectivity index (χ0) is 15.6. The average molecular weight is 348 g/mol. The molecule has 1 atom stereocenters. The molecule has 8 heteroatoms. The van der Waals surface area contributed by atoms with E-state index in [2.05, 4.69) is 5.32 Å². The maximum Gasteiger partial charge on any atom is 0.255 e. The Morgan fingerprint density at radius 2 is 2.18 bits per heavy atom. The van der Waals surface area contributed by atoms with Crippen molar-refractivity contribution in [2.75, 3.05) is 26.4 Å². The molecular formula is C14H19Cl2N3O3. The van der Waals surface area contributed by atoms with E-state index in [0.29, 0.717) is 41.4 Å². The highest BCUT2D eigenvalue weighted by molar-refractivity contribution is 6.33. The van der Waals surface area contributed by atoms with E-state index < -0.39 is 0 Å². The Morgan fingerprint density at radius 1 is 1.50 bits per heavy atom. The molecule has 0 aliphatic carbocycles. The van der Waals surface area contributed by atoms with Gasteiger partial charge < -0.3 is 20.7 Å². The number of methoxy groups -OCH3 is 1. The van der Waals surface area contributed by atoms with Crippen LogP contribution in [0.15, 0.2) is 12.1 Å². The lowest BCUT2D eigenvalue weighted by Gasteiger charge is -2.30. The van der Waals surface area contributed by atoms with E-state index in [0.717, 1.165) is 0 Å². The predicted octanol–water partition coefficient (Wildman–Crippen LogP) is 1.70. The molecule has 122 valence electrons. The van der Waals surface area contributed by atoms with E-state index in [1.807, 2.05) is 0 Å². The minimum atomic E-state index is -0.290. The van der Waals surface area contributed by atoms with Gasteiger partial charge in [0.15, 0.2) is 0 Å². The van der Waals surface area contributed by atoms with Gasteiger partial charge in [-0.15, -0.1) is 12.4 Å². The number of benzene rings is 1. The van der Waals surface area contributed by atoms with Gasteiger partial charge in [-0.3, -0.25) is 9.59 Å². The van der Waals surface area contributed by atoms with Crippen LogP contribution < -0.4 is 15.8 Å². The SMILES string of the molecule is COc1cc(N)c(Cl)cc1C(=O)NC1CCC(=O)N(C)C1.Cl. The summed E-state index contributed by atoms with van der Waals surface area (Å²) in [5.41, 5.74) is 6.38. The van der Waals surface area contributed by atoms with Crippen LogP contribution in [0.2, 0.25) is 5.02 Å². The highest BCUT2D eigenvalue weighted by Gasteiger charge is 2.25. The molecule has 0 aromatic heterocycles. The van der Waals surface area contributed by atoms with Gasteiger partial charge in [0.2, 0.25) is 5.91 Å². The van der Waals surface area contributed by atoms with Crippen LogP contribution in [-0.2, 0) is 4.79 Å². The number of likely N-dealkylation sites (tertiary alicyclic amines) is 1. The van der Waals surface area contributed by atoms with Gasteiger partial charge in [0, 0.05) is 32.1 Å². The van der Waals surface area contributed by atoms with Crippen LogP contribution in [0, 0.1) is 0 Å². The third-order valence-electron chi connectivity index (χ3n) is 3.53. The monoisotopic (exact) mass is 347 g/mol. The van der Waals surface area contributed by atoms with E-state index in [9.17, 15) is 9.59 Å². The van der Waals surface area contributed by atoms with Crippen molar-refractivity contribution in [3.8, 4) is 5.75 Å². The number of rotatable bonds is 3. The number of ether oxygens (including phenoxy) is 1. The van der Waals surface area contributed by atoms with Crippen LogP contribution >= 0.6 is 24.0 Å². The summed E-state index contributed by atoms with van der Waals surface area (Å²) < 4.78 is 5.17. The van der Waals surface area contributed by atoms with Gasteiger partial charge in [-0.25, -0.2) is 0 Å². The summed E-state index contributed by atoms with van der Waals surface area (Å²) in [4.78, 5) is 25.4. The van der Waals surface area contributed by atoms with Gasteiger partial charge in [-0.1, -0.05) is 11.6 Å². The van der Waals surface area contributed by atoms with Gasteiger partial charge in [-0.05, 0) is 12.5 Å². The Hall–Kier alpha value is -1.66.